The van der Waals surface area contributed by atoms with Crippen LogP contribution in [0.3, 0.4) is 0 Å². The molecule has 1 heterocycles. The number of benzene rings is 1. The molecule has 0 atom stereocenters. The number of carboxylic acids is 1. The minimum atomic E-state index is -1.14. The van der Waals surface area contributed by atoms with Crippen LogP contribution in [0.4, 0.5) is 0 Å². The van der Waals surface area contributed by atoms with Crippen LogP contribution in [0, 0.1) is 6.92 Å². The van der Waals surface area contributed by atoms with Crippen molar-refractivity contribution in [3.63, 3.8) is 0 Å². The summed E-state index contributed by atoms with van der Waals surface area (Å²) in [6.07, 6.45) is 2.36. The summed E-state index contributed by atoms with van der Waals surface area (Å²) < 4.78 is 5.40. The highest BCUT2D eigenvalue weighted by Crippen LogP contribution is 2.28. The number of hydrogen-bond donors (Lipinski definition) is 1. The zero-order chi connectivity index (χ0) is 13.1. The van der Waals surface area contributed by atoms with Crippen molar-refractivity contribution in [1.82, 2.24) is 9.97 Å². The van der Waals surface area contributed by atoms with E-state index in [2.05, 4.69) is 9.97 Å². The van der Waals surface area contributed by atoms with E-state index in [1.165, 1.54) is 6.20 Å². The molecule has 92 valence electrons. The van der Waals surface area contributed by atoms with Crippen molar-refractivity contribution in [3.05, 3.63) is 46.9 Å². The maximum atomic E-state index is 10.6. The number of nitrogens with zero attached hydrogens (tertiary/aromatic N) is 2. The molecule has 1 aromatic heterocycles. The molecular formula is C12H9ClN2O3. The molecule has 5 nitrogen and oxygen atoms in total. The Morgan fingerprint density at radius 3 is 2.67 bits per heavy atom. The third-order valence-corrected chi connectivity index (χ3v) is 2.44. The molecule has 0 fully saturated rings. The first kappa shape index (κ1) is 12.3. The fraction of sp³-hybridized carbons (Fsp3) is 0.0833. The van der Waals surface area contributed by atoms with E-state index in [9.17, 15) is 4.79 Å². The van der Waals surface area contributed by atoms with Gasteiger partial charge in [-0.2, -0.15) is 0 Å². The Bertz CT molecular complexity index is 584. The monoisotopic (exact) mass is 264 g/mol. The van der Waals surface area contributed by atoms with Crippen LogP contribution in [0.5, 0.6) is 11.6 Å². The Kier molecular flexibility index (Phi) is 3.43. The molecule has 1 aromatic carbocycles. The lowest BCUT2D eigenvalue weighted by Gasteiger charge is -2.06. The van der Waals surface area contributed by atoms with E-state index < -0.39 is 5.97 Å². The number of rotatable bonds is 3. The third-order valence-electron chi connectivity index (χ3n) is 2.15. The van der Waals surface area contributed by atoms with Crippen molar-refractivity contribution < 1.29 is 14.6 Å². The van der Waals surface area contributed by atoms with Gasteiger partial charge in [0, 0.05) is 0 Å². The van der Waals surface area contributed by atoms with Crippen molar-refractivity contribution in [2.24, 2.45) is 0 Å². The molecule has 0 amide bonds. The average molecular weight is 265 g/mol. The van der Waals surface area contributed by atoms with E-state index in [1.54, 1.807) is 12.1 Å². The van der Waals surface area contributed by atoms with Crippen molar-refractivity contribution in [2.45, 2.75) is 6.92 Å². The summed E-state index contributed by atoms with van der Waals surface area (Å²) in [4.78, 5) is 18.1. The molecule has 0 aliphatic heterocycles. The van der Waals surface area contributed by atoms with E-state index in [4.69, 9.17) is 21.4 Å². The zero-order valence-corrected chi connectivity index (χ0v) is 10.2. The van der Waals surface area contributed by atoms with Crippen LogP contribution in [0.15, 0.2) is 30.6 Å². The SMILES string of the molecule is Cc1ccc(Oc2cnc(C(=O)O)cn2)c(Cl)c1. The van der Waals surface area contributed by atoms with Gasteiger partial charge in [-0.1, -0.05) is 17.7 Å². The molecule has 0 saturated carbocycles. The second kappa shape index (κ2) is 5.01. The van der Waals surface area contributed by atoms with E-state index >= 15 is 0 Å². The molecule has 1 N–H and O–H groups in total. The molecule has 0 aliphatic carbocycles. The van der Waals surface area contributed by atoms with Crippen LogP contribution in [-0.4, -0.2) is 21.0 Å². The Hall–Kier alpha value is -2.14. The van der Waals surface area contributed by atoms with Gasteiger partial charge in [-0.15, -0.1) is 0 Å². The maximum Gasteiger partial charge on any atom is 0.356 e. The summed E-state index contributed by atoms with van der Waals surface area (Å²) >= 11 is 5.99. The fourth-order valence-corrected chi connectivity index (χ4v) is 1.55. The second-order valence-electron chi connectivity index (χ2n) is 3.58. The zero-order valence-electron chi connectivity index (χ0n) is 9.42. The van der Waals surface area contributed by atoms with Gasteiger partial charge in [-0.25, -0.2) is 14.8 Å². The highest BCUT2D eigenvalue weighted by molar-refractivity contribution is 6.32. The fourth-order valence-electron chi connectivity index (χ4n) is 1.28. The van der Waals surface area contributed by atoms with Gasteiger partial charge < -0.3 is 9.84 Å². The van der Waals surface area contributed by atoms with Crippen LogP contribution in [0.1, 0.15) is 16.1 Å². The van der Waals surface area contributed by atoms with Crippen molar-refractivity contribution >= 4 is 17.6 Å². The van der Waals surface area contributed by atoms with Crippen LogP contribution in [-0.2, 0) is 0 Å². The predicted molar refractivity (Wildman–Crippen MR) is 65.3 cm³/mol. The molecule has 18 heavy (non-hydrogen) atoms. The van der Waals surface area contributed by atoms with Gasteiger partial charge >= 0.3 is 5.97 Å². The van der Waals surface area contributed by atoms with Crippen LogP contribution in [0.2, 0.25) is 5.02 Å². The normalized spacial score (nSPS) is 10.1. The number of aromatic nitrogens is 2. The van der Waals surface area contributed by atoms with Gasteiger partial charge in [-0.05, 0) is 24.6 Å². The Morgan fingerprint density at radius 2 is 2.11 bits per heavy atom. The van der Waals surface area contributed by atoms with E-state index in [0.29, 0.717) is 10.8 Å². The lowest BCUT2D eigenvalue weighted by atomic mass is 10.2. The number of halogens is 1. The Morgan fingerprint density at radius 1 is 1.33 bits per heavy atom. The number of ether oxygens (including phenoxy) is 1. The molecule has 0 aliphatic rings. The number of carbonyl (C=O) groups is 1. The largest absolute Gasteiger partial charge is 0.476 e. The number of aromatic carboxylic acids is 1. The molecule has 0 saturated heterocycles. The minimum Gasteiger partial charge on any atom is -0.476 e. The smallest absolute Gasteiger partial charge is 0.356 e. The highest BCUT2D eigenvalue weighted by Gasteiger charge is 2.07. The second-order valence-corrected chi connectivity index (χ2v) is 3.99. The lowest BCUT2D eigenvalue weighted by molar-refractivity contribution is 0.0690. The molecule has 6 heteroatoms. The minimum absolute atomic E-state index is 0.141. The predicted octanol–water partition coefficient (Wildman–Crippen LogP) is 2.93. The standard InChI is InChI=1S/C12H9ClN2O3/c1-7-2-3-10(8(13)4-7)18-11-6-14-9(5-15-11)12(16)17/h2-6H,1H3,(H,16,17). The van der Waals surface area contributed by atoms with E-state index in [-0.39, 0.29) is 11.6 Å². The van der Waals surface area contributed by atoms with Gasteiger partial charge in [0.2, 0.25) is 5.88 Å². The Labute approximate surface area is 108 Å². The summed E-state index contributed by atoms with van der Waals surface area (Å²) in [6, 6.07) is 5.32. The van der Waals surface area contributed by atoms with Crippen molar-refractivity contribution in [2.75, 3.05) is 0 Å². The van der Waals surface area contributed by atoms with E-state index in [0.717, 1.165) is 11.8 Å². The molecule has 2 rings (SSSR count). The molecule has 0 spiro atoms. The first-order valence-electron chi connectivity index (χ1n) is 5.05. The maximum absolute atomic E-state index is 10.6. The number of aryl methyl sites for hydroxylation is 1. The molecule has 0 bridgehead atoms. The van der Waals surface area contributed by atoms with E-state index in [1.807, 2.05) is 13.0 Å². The number of hydrogen-bond acceptors (Lipinski definition) is 4. The van der Waals surface area contributed by atoms with Crippen LogP contribution < -0.4 is 4.74 Å². The van der Waals surface area contributed by atoms with Gasteiger partial charge in [-0.3, -0.25) is 0 Å². The molecule has 0 radical (unpaired) electrons. The molecule has 2 aromatic rings. The molecular weight excluding hydrogens is 256 g/mol. The van der Waals surface area contributed by atoms with Crippen molar-refractivity contribution in [1.29, 1.82) is 0 Å². The Balaban J connectivity index is 2.21. The van der Waals surface area contributed by atoms with Gasteiger partial charge in [0.05, 0.1) is 17.4 Å². The first-order chi connectivity index (χ1) is 8.56. The lowest BCUT2D eigenvalue weighted by Crippen LogP contribution is -2.01. The molecule has 0 unspecified atom stereocenters. The summed E-state index contributed by atoms with van der Waals surface area (Å²) in [5, 5.41) is 9.13. The first-order valence-corrected chi connectivity index (χ1v) is 5.43. The summed E-state index contributed by atoms with van der Waals surface area (Å²) in [7, 11) is 0. The third kappa shape index (κ3) is 2.75. The average Bonchev–Trinajstić information content (AvgIpc) is 2.33. The van der Waals surface area contributed by atoms with Crippen molar-refractivity contribution in [3.8, 4) is 11.6 Å². The highest BCUT2D eigenvalue weighted by atomic mass is 35.5. The van der Waals surface area contributed by atoms with Gasteiger partial charge in [0.25, 0.3) is 0 Å². The van der Waals surface area contributed by atoms with Crippen LogP contribution in [0.25, 0.3) is 0 Å². The summed E-state index contributed by atoms with van der Waals surface area (Å²) in [5.74, 6) is -0.507. The number of carboxylic acid groups (broad SMARTS) is 1. The topological polar surface area (TPSA) is 72.3 Å². The summed E-state index contributed by atoms with van der Waals surface area (Å²) in [5.41, 5.74) is 0.872. The van der Waals surface area contributed by atoms with Gasteiger partial charge in [0.15, 0.2) is 5.69 Å². The quantitative estimate of drug-likeness (QED) is 0.923. The summed E-state index contributed by atoms with van der Waals surface area (Å²) in [6.45, 7) is 1.91. The van der Waals surface area contributed by atoms with Gasteiger partial charge in [0.1, 0.15) is 5.75 Å². The van der Waals surface area contributed by atoms with Crippen LogP contribution >= 0.6 is 11.6 Å².